The van der Waals surface area contributed by atoms with Crippen molar-refractivity contribution < 1.29 is 14.9 Å². The van der Waals surface area contributed by atoms with E-state index < -0.39 is 5.60 Å². The number of halogens is 1. The van der Waals surface area contributed by atoms with E-state index in [1.54, 1.807) is 12.1 Å². The summed E-state index contributed by atoms with van der Waals surface area (Å²) in [6.45, 7) is 7.06. The molecule has 29 heavy (non-hydrogen) atoms. The third-order valence-corrected chi connectivity index (χ3v) is 6.21. The Kier molecular flexibility index (Phi) is 6.77. The molecule has 4 rings (SSSR count). The lowest BCUT2D eigenvalue weighted by atomic mass is 9.85. The van der Waals surface area contributed by atoms with Gasteiger partial charge in [-0.2, -0.15) is 0 Å². The molecule has 0 aliphatic carbocycles. The minimum Gasteiger partial charge on any atom is -0.508 e. The summed E-state index contributed by atoms with van der Waals surface area (Å²) in [5.74, 6) is 1.72. The van der Waals surface area contributed by atoms with Crippen LogP contribution in [-0.4, -0.2) is 46.5 Å². The highest BCUT2D eigenvalue weighted by molar-refractivity contribution is 5.85. The van der Waals surface area contributed by atoms with Gasteiger partial charge in [0.2, 0.25) is 0 Å². The zero-order valence-corrected chi connectivity index (χ0v) is 18.1. The largest absolute Gasteiger partial charge is 0.508 e. The highest BCUT2D eigenvalue weighted by Gasteiger charge is 2.34. The Labute approximate surface area is 179 Å². The van der Waals surface area contributed by atoms with Crippen molar-refractivity contribution in [3.63, 3.8) is 0 Å². The van der Waals surface area contributed by atoms with Gasteiger partial charge in [0.15, 0.2) is 0 Å². The summed E-state index contributed by atoms with van der Waals surface area (Å²) in [5, 5.41) is 20.7. The predicted octanol–water partition coefficient (Wildman–Crippen LogP) is 4.31. The van der Waals surface area contributed by atoms with Crippen molar-refractivity contribution in [2.24, 2.45) is 0 Å². The molecule has 2 N–H and O–H groups in total. The average molecular weight is 418 g/mol. The van der Waals surface area contributed by atoms with E-state index >= 15 is 0 Å². The number of hydrogen-bond donors (Lipinski definition) is 2. The van der Waals surface area contributed by atoms with Crippen LogP contribution in [0.4, 0.5) is 0 Å². The van der Waals surface area contributed by atoms with Gasteiger partial charge in [-0.1, -0.05) is 38.1 Å². The Bertz CT molecular complexity index is 813. The van der Waals surface area contributed by atoms with Gasteiger partial charge in [0.05, 0.1) is 5.60 Å². The van der Waals surface area contributed by atoms with Gasteiger partial charge in [0.25, 0.3) is 0 Å². The number of phenols is 1. The van der Waals surface area contributed by atoms with Gasteiger partial charge >= 0.3 is 0 Å². The van der Waals surface area contributed by atoms with E-state index in [1.165, 1.54) is 11.1 Å². The number of aromatic hydroxyl groups is 1. The summed E-state index contributed by atoms with van der Waals surface area (Å²) >= 11 is 0. The fraction of sp³-hybridized carbons (Fsp3) is 0.500. The van der Waals surface area contributed by atoms with Crippen LogP contribution in [0.1, 0.15) is 49.3 Å². The maximum Gasteiger partial charge on any atom is 0.123 e. The Morgan fingerprint density at radius 2 is 1.79 bits per heavy atom. The highest BCUT2D eigenvalue weighted by atomic mass is 35.5. The number of piperidine rings is 1. The van der Waals surface area contributed by atoms with Crippen LogP contribution in [0.5, 0.6) is 11.5 Å². The Morgan fingerprint density at radius 1 is 1.10 bits per heavy atom. The zero-order valence-electron chi connectivity index (χ0n) is 17.3. The molecule has 2 aromatic rings. The van der Waals surface area contributed by atoms with E-state index in [4.69, 9.17) is 4.74 Å². The number of fused-ring (bicyclic) bond motifs is 1. The summed E-state index contributed by atoms with van der Waals surface area (Å²) < 4.78 is 6.03. The quantitative estimate of drug-likeness (QED) is 0.761. The number of rotatable bonds is 5. The minimum atomic E-state index is -0.610. The van der Waals surface area contributed by atoms with Gasteiger partial charge in [-0.25, -0.2) is 0 Å². The van der Waals surface area contributed by atoms with Crippen molar-refractivity contribution >= 4 is 12.4 Å². The first-order valence-corrected chi connectivity index (χ1v) is 10.4. The van der Waals surface area contributed by atoms with Crippen LogP contribution in [0.3, 0.4) is 0 Å². The molecule has 0 saturated carbocycles. The maximum absolute atomic E-state index is 11.1. The molecule has 0 radical (unpaired) electrons. The molecule has 1 atom stereocenters. The molecule has 158 valence electrons. The third kappa shape index (κ3) is 5.25. The van der Waals surface area contributed by atoms with Gasteiger partial charge in [-0.05, 0) is 48.1 Å². The first kappa shape index (κ1) is 21.9. The van der Waals surface area contributed by atoms with E-state index in [0.29, 0.717) is 11.7 Å². The molecule has 2 aliphatic heterocycles. The lowest BCUT2D eigenvalue weighted by Crippen LogP contribution is -2.48. The SMILES string of the molecule is CC(C)c1ccc(CC2(O)CCN(CC3Cc4cc(O)ccc4O3)CC2)cc1.Cl. The molecule has 0 amide bonds. The minimum absolute atomic E-state index is 0. The van der Waals surface area contributed by atoms with Gasteiger partial charge in [-0.15, -0.1) is 12.4 Å². The molecule has 5 heteroatoms. The van der Waals surface area contributed by atoms with E-state index in [0.717, 1.165) is 56.6 Å². The lowest BCUT2D eigenvalue weighted by Gasteiger charge is -2.39. The first-order chi connectivity index (χ1) is 13.4. The normalized spacial score (nSPS) is 20.8. The smallest absolute Gasteiger partial charge is 0.123 e. The van der Waals surface area contributed by atoms with Gasteiger partial charge in [0.1, 0.15) is 17.6 Å². The molecular weight excluding hydrogens is 386 g/mol. The molecule has 0 bridgehead atoms. The van der Waals surface area contributed by atoms with E-state index in [2.05, 4.69) is 43.0 Å². The van der Waals surface area contributed by atoms with E-state index in [-0.39, 0.29) is 18.5 Å². The standard InChI is InChI=1S/C24H31NO3.ClH/c1-17(2)19-5-3-18(4-6-19)15-24(27)9-11-25(12-10-24)16-22-14-20-13-21(26)7-8-23(20)28-22;/h3-8,13,17,22,26-27H,9-12,14-16H2,1-2H3;1H. The molecule has 0 aromatic heterocycles. The molecule has 4 nitrogen and oxygen atoms in total. The monoisotopic (exact) mass is 417 g/mol. The Hall–Kier alpha value is -1.75. The summed E-state index contributed by atoms with van der Waals surface area (Å²) in [4.78, 5) is 2.40. The summed E-state index contributed by atoms with van der Waals surface area (Å²) in [6, 6.07) is 14.0. The molecule has 1 fully saturated rings. The summed E-state index contributed by atoms with van der Waals surface area (Å²) in [7, 11) is 0. The van der Waals surface area contributed by atoms with E-state index in [1.807, 2.05) is 6.07 Å². The van der Waals surface area contributed by atoms with Crippen molar-refractivity contribution in [3.8, 4) is 11.5 Å². The van der Waals surface area contributed by atoms with Crippen LogP contribution in [0.15, 0.2) is 42.5 Å². The molecule has 1 unspecified atom stereocenters. The van der Waals surface area contributed by atoms with Crippen LogP contribution in [0, 0.1) is 0 Å². The second-order valence-electron chi connectivity index (χ2n) is 8.83. The van der Waals surface area contributed by atoms with Crippen molar-refractivity contribution in [1.82, 2.24) is 4.90 Å². The number of hydrogen-bond acceptors (Lipinski definition) is 4. The van der Waals surface area contributed by atoms with Crippen LogP contribution in [0.25, 0.3) is 0 Å². The number of phenolic OH excluding ortho intramolecular Hbond substituents is 1. The highest BCUT2D eigenvalue weighted by Crippen LogP contribution is 2.33. The van der Waals surface area contributed by atoms with Crippen molar-refractivity contribution in [1.29, 1.82) is 0 Å². The van der Waals surface area contributed by atoms with Crippen LogP contribution in [0.2, 0.25) is 0 Å². The fourth-order valence-corrected chi connectivity index (χ4v) is 4.43. The van der Waals surface area contributed by atoms with Gasteiger partial charge in [0, 0.05) is 38.0 Å². The molecule has 2 aliphatic rings. The molecule has 0 spiro atoms. The number of benzene rings is 2. The van der Waals surface area contributed by atoms with Crippen molar-refractivity contribution in [2.45, 2.75) is 57.2 Å². The van der Waals surface area contributed by atoms with Crippen molar-refractivity contribution in [3.05, 3.63) is 59.2 Å². The number of aliphatic hydroxyl groups is 1. The van der Waals surface area contributed by atoms with Crippen LogP contribution >= 0.6 is 12.4 Å². The molecular formula is C24H32ClNO3. The van der Waals surface area contributed by atoms with Crippen LogP contribution < -0.4 is 4.74 Å². The second-order valence-corrected chi connectivity index (χ2v) is 8.83. The lowest BCUT2D eigenvalue weighted by molar-refractivity contribution is -0.0265. The zero-order chi connectivity index (χ0) is 19.7. The van der Waals surface area contributed by atoms with Crippen molar-refractivity contribution in [2.75, 3.05) is 19.6 Å². The molecule has 1 saturated heterocycles. The Morgan fingerprint density at radius 3 is 2.45 bits per heavy atom. The number of ether oxygens (including phenoxy) is 1. The third-order valence-electron chi connectivity index (χ3n) is 6.21. The van der Waals surface area contributed by atoms with Gasteiger partial charge in [-0.3, -0.25) is 4.90 Å². The van der Waals surface area contributed by atoms with Crippen LogP contribution in [-0.2, 0) is 12.8 Å². The predicted molar refractivity (Wildman–Crippen MR) is 118 cm³/mol. The topological polar surface area (TPSA) is 52.9 Å². The molecule has 2 aromatic carbocycles. The number of likely N-dealkylation sites (tertiary alicyclic amines) is 1. The fourth-order valence-electron chi connectivity index (χ4n) is 4.43. The molecule has 2 heterocycles. The summed E-state index contributed by atoms with van der Waals surface area (Å²) in [6.07, 6.45) is 3.28. The second kappa shape index (κ2) is 8.95. The van der Waals surface area contributed by atoms with E-state index in [9.17, 15) is 10.2 Å². The summed E-state index contributed by atoms with van der Waals surface area (Å²) in [5.41, 5.74) is 3.04. The van der Waals surface area contributed by atoms with Gasteiger partial charge < -0.3 is 14.9 Å². The average Bonchev–Trinajstić information content (AvgIpc) is 3.05. The Balaban J connectivity index is 0.00000240. The number of nitrogens with zero attached hydrogens (tertiary/aromatic N) is 1. The first-order valence-electron chi connectivity index (χ1n) is 10.4. The maximum atomic E-state index is 11.1.